The molecule has 3 aromatic heterocycles. The second-order valence-electron chi connectivity index (χ2n) is 3.98. The van der Waals surface area contributed by atoms with Gasteiger partial charge in [0.25, 0.3) is 0 Å². The van der Waals surface area contributed by atoms with Crippen LogP contribution in [0.5, 0.6) is 0 Å². The molecule has 10 heteroatoms. The van der Waals surface area contributed by atoms with E-state index < -0.39 is 5.97 Å². The summed E-state index contributed by atoms with van der Waals surface area (Å²) in [6.07, 6.45) is 6.44. The molecule has 0 saturated heterocycles. The number of hydrogen-bond donors (Lipinski definition) is 2. The predicted octanol–water partition coefficient (Wildman–Crippen LogP) is -2.19. The molecule has 0 aliphatic heterocycles. The second-order valence-corrected chi connectivity index (χ2v) is 6.42. The van der Waals surface area contributed by atoms with Crippen LogP contribution in [0.1, 0.15) is 0 Å². The maximum absolute atomic E-state index is 11.1. The summed E-state index contributed by atoms with van der Waals surface area (Å²) >= 11 is 8.84. The molecule has 3 rings (SSSR count). The van der Waals surface area contributed by atoms with Crippen molar-refractivity contribution in [3.05, 3.63) is 36.9 Å². The van der Waals surface area contributed by atoms with E-state index in [-0.39, 0.29) is 0 Å². The van der Waals surface area contributed by atoms with E-state index in [0.29, 0.717) is 13.9 Å². The molecule has 4 radical (unpaired) electrons. The van der Waals surface area contributed by atoms with Crippen molar-refractivity contribution in [2.75, 3.05) is 0 Å². The zero-order valence-electron chi connectivity index (χ0n) is 9.94. The van der Waals surface area contributed by atoms with Gasteiger partial charge in [0.2, 0.25) is 0 Å². The van der Waals surface area contributed by atoms with Crippen molar-refractivity contribution in [2.45, 2.75) is 10.9 Å². The Balaban J connectivity index is 2.22. The molecule has 1 N–H and O–H groups in total. The van der Waals surface area contributed by atoms with Crippen LogP contribution in [-0.2, 0) is 5.97 Å². The van der Waals surface area contributed by atoms with Crippen LogP contribution in [0.3, 0.4) is 0 Å². The van der Waals surface area contributed by atoms with Crippen LogP contribution in [0.25, 0.3) is 0 Å². The molecule has 0 aromatic carbocycles. The third-order valence-corrected chi connectivity index (χ3v) is 3.87. The van der Waals surface area contributed by atoms with Gasteiger partial charge in [-0.1, -0.05) is 0 Å². The standard InChI is InChI=1S/C10H8As2N6OS/c11-8-1-3-16(14-8)10(19,17-4-2-9(12)15-17)18-6-7(20)5-13-18/h1-6,19-20H. The van der Waals surface area contributed by atoms with E-state index in [1.165, 1.54) is 20.2 Å². The number of hydrogen-bond acceptors (Lipinski definition) is 5. The average Bonchev–Trinajstić information content (AvgIpc) is 3.10. The molecule has 0 atom stereocenters. The van der Waals surface area contributed by atoms with Crippen LogP contribution >= 0.6 is 12.6 Å². The summed E-state index contributed by atoms with van der Waals surface area (Å²) in [6, 6.07) is 3.53. The normalized spacial score (nSPS) is 12.0. The molecule has 100 valence electrons. The number of aliphatic hydroxyl groups is 1. The summed E-state index contributed by atoms with van der Waals surface area (Å²) < 4.78 is 5.52. The Labute approximate surface area is 137 Å². The van der Waals surface area contributed by atoms with E-state index in [1.807, 2.05) is 0 Å². The SMILES string of the molecule is OC(n1cc(S)cn1)(n1ccc([As])n1)n1ccc([As])n1. The molecule has 0 amide bonds. The first-order valence-corrected chi connectivity index (χ1v) is 7.79. The summed E-state index contributed by atoms with van der Waals surface area (Å²) in [7, 11) is 0. The van der Waals surface area contributed by atoms with E-state index >= 15 is 0 Å². The first kappa shape index (κ1) is 14.0. The summed E-state index contributed by atoms with van der Waals surface area (Å²) in [6.45, 7) is 0. The predicted molar refractivity (Wildman–Crippen MR) is 75.7 cm³/mol. The van der Waals surface area contributed by atoms with Gasteiger partial charge in [-0.3, -0.25) is 0 Å². The first-order chi connectivity index (χ1) is 9.50. The molecular formula is C10H8As2N6OS. The zero-order valence-corrected chi connectivity index (χ0v) is 14.6. The topological polar surface area (TPSA) is 73.7 Å². The molecule has 0 aliphatic rings. The number of aromatic nitrogens is 6. The molecule has 0 unspecified atom stereocenters. The van der Waals surface area contributed by atoms with Gasteiger partial charge in [0, 0.05) is 0 Å². The van der Waals surface area contributed by atoms with Crippen LogP contribution in [0.4, 0.5) is 0 Å². The second kappa shape index (κ2) is 5.11. The van der Waals surface area contributed by atoms with Gasteiger partial charge in [0.1, 0.15) is 0 Å². The Morgan fingerprint density at radius 3 is 1.95 bits per heavy atom. The number of thiol groups is 1. The zero-order chi connectivity index (χ0) is 14.3. The summed E-state index contributed by atoms with van der Waals surface area (Å²) in [4.78, 5) is 0.628. The molecule has 0 aliphatic carbocycles. The molecule has 3 aromatic rings. The third kappa shape index (κ3) is 2.27. The van der Waals surface area contributed by atoms with Gasteiger partial charge in [-0.15, -0.1) is 0 Å². The van der Waals surface area contributed by atoms with Gasteiger partial charge in [-0.2, -0.15) is 0 Å². The number of rotatable bonds is 3. The number of nitrogens with zero attached hydrogens (tertiary/aromatic N) is 6. The summed E-state index contributed by atoms with van der Waals surface area (Å²) in [5, 5.41) is 23.7. The Hall–Kier alpha value is -0.943. The fraction of sp³-hybridized carbons (Fsp3) is 0.100. The van der Waals surface area contributed by atoms with Crippen LogP contribution in [-0.4, -0.2) is 68.2 Å². The van der Waals surface area contributed by atoms with Gasteiger partial charge in [0.15, 0.2) is 0 Å². The van der Waals surface area contributed by atoms with Crippen molar-refractivity contribution >= 4 is 55.3 Å². The molecular weight excluding hydrogens is 402 g/mol. The van der Waals surface area contributed by atoms with E-state index in [0.717, 1.165) is 0 Å². The third-order valence-electron chi connectivity index (χ3n) is 2.64. The van der Waals surface area contributed by atoms with Crippen LogP contribution < -0.4 is 8.96 Å². The van der Waals surface area contributed by atoms with Crippen molar-refractivity contribution < 1.29 is 5.11 Å². The molecule has 0 saturated carbocycles. The first-order valence-electron chi connectivity index (χ1n) is 5.47. The fourth-order valence-corrected chi connectivity index (χ4v) is 2.60. The fourth-order valence-electron chi connectivity index (χ4n) is 1.76. The Morgan fingerprint density at radius 1 is 1.05 bits per heavy atom. The van der Waals surface area contributed by atoms with Crippen LogP contribution in [0, 0.1) is 0 Å². The summed E-state index contributed by atoms with van der Waals surface area (Å²) in [5.74, 6) is -1.71. The van der Waals surface area contributed by atoms with Gasteiger partial charge in [-0.05, 0) is 0 Å². The molecule has 0 spiro atoms. The molecule has 0 fully saturated rings. The quantitative estimate of drug-likeness (QED) is 0.380. The summed E-state index contributed by atoms with van der Waals surface area (Å²) in [5.41, 5.74) is 0. The van der Waals surface area contributed by atoms with Crippen molar-refractivity contribution in [1.29, 1.82) is 0 Å². The van der Waals surface area contributed by atoms with E-state index in [1.54, 1.807) is 30.7 Å². The van der Waals surface area contributed by atoms with Gasteiger partial charge in [0.05, 0.1) is 0 Å². The van der Waals surface area contributed by atoms with E-state index in [2.05, 4.69) is 61.6 Å². The van der Waals surface area contributed by atoms with Crippen LogP contribution in [0.15, 0.2) is 41.8 Å². The molecule has 7 nitrogen and oxygen atoms in total. The van der Waals surface area contributed by atoms with Gasteiger partial charge >= 0.3 is 138 Å². The Bertz CT molecular complexity index is 652. The van der Waals surface area contributed by atoms with Crippen molar-refractivity contribution in [1.82, 2.24) is 29.3 Å². The van der Waals surface area contributed by atoms with Crippen LogP contribution in [0.2, 0.25) is 0 Å². The van der Waals surface area contributed by atoms with Gasteiger partial charge < -0.3 is 0 Å². The Morgan fingerprint density at radius 2 is 1.60 bits per heavy atom. The van der Waals surface area contributed by atoms with Crippen molar-refractivity contribution in [3.8, 4) is 0 Å². The van der Waals surface area contributed by atoms with Crippen molar-refractivity contribution in [3.63, 3.8) is 0 Å². The molecule has 20 heavy (non-hydrogen) atoms. The molecule has 0 bridgehead atoms. The average molecular weight is 410 g/mol. The Kier molecular flexibility index (Phi) is 3.58. The van der Waals surface area contributed by atoms with E-state index in [9.17, 15) is 5.11 Å². The van der Waals surface area contributed by atoms with Gasteiger partial charge in [-0.25, -0.2) is 0 Å². The molecule has 3 heterocycles. The minimum absolute atomic E-state index is 0.628. The minimum atomic E-state index is -1.71. The maximum atomic E-state index is 11.1. The van der Waals surface area contributed by atoms with Crippen molar-refractivity contribution in [2.24, 2.45) is 0 Å². The monoisotopic (exact) mass is 410 g/mol. The van der Waals surface area contributed by atoms with E-state index in [4.69, 9.17) is 0 Å².